The van der Waals surface area contributed by atoms with Crippen LogP contribution in [0.1, 0.15) is 30.7 Å². The SMILES string of the molecule is CC(C)OC(=O)[C@H](N)Cc1ccc(-c2ccc(/C=C3\S[C@@H](S)N(Cc4ccccc4)C3=O)o2)cc1.Cl. The largest absolute Gasteiger partial charge is 0.462 e. The number of nitrogens with zero attached hydrogens (tertiary/aromatic N) is 1. The Morgan fingerprint density at radius 2 is 1.81 bits per heavy atom. The fraction of sp³-hybridized carbons (Fsp3) is 0.259. The van der Waals surface area contributed by atoms with E-state index < -0.39 is 12.0 Å². The van der Waals surface area contributed by atoms with Crippen LogP contribution in [0.15, 0.2) is 76.1 Å². The van der Waals surface area contributed by atoms with Gasteiger partial charge in [-0.25, -0.2) is 0 Å². The van der Waals surface area contributed by atoms with Gasteiger partial charge in [0.1, 0.15) is 22.3 Å². The average molecular weight is 545 g/mol. The van der Waals surface area contributed by atoms with E-state index in [4.69, 9.17) is 14.9 Å². The van der Waals surface area contributed by atoms with Crippen molar-refractivity contribution >= 4 is 54.8 Å². The quantitative estimate of drug-likeness (QED) is 0.221. The number of hydrogen-bond acceptors (Lipinski definition) is 7. The third-order valence-electron chi connectivity index (χ3n) is 5.42. The van der Waals surface area contributed by atoms with Gasteiger partial charge in [-0.05, 0) is 43.5 Å². The summed E-state index contributed by atoms with van der Waals surface area (Å²) in [6, 6.07) is 20.6. The van der Waals surface area contributed by atoms with E-state index in [2.05, 4.69) is 12.6 Å². The monoisotopic (exact) mass is 544 g/mol. The molecule has 190 valence electrons. The van der Waals surface area contributed by atoms with Gasteiger partial charge in [0.05, 0.1) is 11.0 Å². The Hall–Kier alpha value is -2.65. The Bertz CT molecular complexity index is 1210. The minimum absolute atomic E-state index is 0. The molecular weight excluding hydrogens is 516 g/mol. The number of furan rings is 1. The molecule has 2 heterocycles. The number of halogens is 1. The summed E-state index contributed by atoms with van der Waals surface area (Å²) < 4.78 is 10.9. The summed E-state index contributed by atoms with van der Waals surface area (Å²) in [4.78, 5) is 27.2. The first-order chi connectivity index (χ1) is 16.8. The fourth-order valence-corrected chi connectivity index (χ4v) is 5.13. The molecule has 1 amide bonds. The lowest BCUT2D eigenvalue weighted by atomic mass is 10.0. The second-order valence-corrected chi connectivity index (χ2v) is 10.5. The van der Waals surface area contributed by atoms with Crippen LogP contribution >= 0.6 is 36.8 Å². The van der Waals surface area contributed by atoms with Crippen LogP contribution in [0.25, 0.3) is 17.4 Å². The molecule has 0 unspecified atom stereocenters. The van der Waals surface area contributed by atoms with E-state index in [1.807, 2.05) is 66.7 Å². The maximum Gasteiger partial charge on any atom is 0.323 e. The zero-order valence-electron chi connectivity index (χ0n) is 20.0. The van der Waals surface area contributed by atoms with Crippen molar-refractivity contribution in [3.8, 4) is 11.3 Å². The Morgan fingerprint density at radius 1 is 1.11 bits per heavy atom. The number of thiol groups is 1. The number of amides is 1. The van der Waals surface area contributed by atoms with Gasteiger partial charge in [-0.2, -0.15) is 0 Å². The lowest BCUT2D eigenvalue weighted by Gasteiger charge is -2.19. The van der Waals surface area contributed by atoms with Gasteiger partial charge in [0.15, 0.2) is 0 Å². The van der Waals surface area contributed by atoms with Gasteiger partial charge in [0.25, 0.3) is 5.91 Å². The number of benzene rings is 2. The van der Waals surface area contributed by atoms with Crippen molar-refractivity contribution in [1.29, 1.82) is 0 Å². The van der Waals surface area contributed by atoms with Crippen LogP contribution in [0.2, 0.25) is 0 Å². The van der Waals surface area contributed by atoms with E-state index in [0.717, 1.165) is 16.7 Å². The van der Waals surface area contributed by atoms with Gasteiger partial charge in [0.2, 0.25) is 0 Å². The van der Waals surface area contributed by atoms with Gasteiger partial charge in [-0.1, -0.05) is 66.4 Å². The average Bonchev–Trinajstić information content (AvgIpc) is 3.40. The van der Waals surface area contributed by atoms with E-state index in [0.29, 0.717) is 29.4 Å². The zero-order valence-corrected chi connectivity index (χ0v) is 22.5. The first kappa shape index (κ1) is 27.9. The van der Waals surface area contributed by atoms with Crippen molar-refractivity contribution in [2.24, 2.45) is 5.73 Å². The highest BCUT2D eigenvalue weighted by Gasteiger charge is 2.34. The summed E-state index contributed by atoms with van der Waals surface area (Å²) in [5.41, 5.74) is 8.84. The molecule has 2 atom stereocenters. The van der Waals surface area contributed by atoms with Gasteiger partial charge >= 0.3 is 5.97 Å². The number of carbonyl (C=O) groups excluding carboxylic acids is 2. The van der Waals surface area contributed by atoms with Gasteiger partial charge < -0.3 is 19.8 Å². The number of hydrogen-bond donors (Lipinski definition) is 2. The molecule has 36 heavy (non-hydrogen) atoms. The van der Waals surface area contributed by atoms with Crippen molar-refractivity contribution in [2.75, 3.05) is 0 Å². The molecule has 3 aromatic rings. The number of rotatable bonds is 8. The van der Waals surface area contributed by atoms with E-state index in [1.165, 1.54) is 11.8 Å². The number of carbonyl (C=O) groups is 2. The van der Waals surface area contributed by atoms with Crippen molar-refractivity contribution in [3.63, 3.8) is 0 Å². The maximum atomic E-state index is 12.9. The Morgan fingerprint density at radius 3 is 2.47 bits per heavy atom. The third kappa shape index (κ3) is 6.97. The predicted molar refractivity (Wildman–Crippen MR) is 150 cm³/mol. The minimum Gasteiger partial charge on any atom is -0.462 e. The van der Waals surface area contributed by atoms with Crippen LogP contribution in [-0.2, 0) is 27.3 Å². The molecule has 9 heteroatoms. The molecule has 1 aromatic heterocycles. The van der Waals surface area contributed by atoms with E-state index >= 15 is 0 Å². The smallest absolute Gasteiger partial charge is 0.323 e. The predicted octanol–water partition coefficient (Wildman–Crippen LogP) is 5.52. The summed E-state index contributed by atoms with van der Waals surface area (Å²) in [6.45, 7) is 4.10. The first-order valence-corrected chi connectivity index (χ1v) is 12.8. The normalized spacial score (nSPS) is 17.4. The molecule has 1 aliphatic rings. The van der Waals surface area contributed by atoms with Crippen LogP contribution in [0, 0.1) is 0 Å². The fourth-order valence-electron chi connectivity index (χ4n) is 3.67. The highest BCUT2D eigenvalue weighted by atomic mass is 35.5. The first-order valence-electron chi connectivity index (χ1n) is 11.4. The molecule has 0 aliphatic carbocycles. The van der Waals surface area contributed by atoms with Crippen molar-refractivity contribution < 1.29 is 18.7 Å². The third-order valence-corrected chi connectivity index (χ3v) is 7.02. The van der Waals surface area contributed by atoms with Crippen LogP contribution < -0.4 is 5.73 Å². The van der Waals surface area contributed by atoms with Gasteiger partial charge in [-0.15, -0.1) is 25.0 Å². The van der Waals surface area contributed by atoms with Crippen LogP contribution in [0.5, 0.6) is 0 Å². The second-order valence-electron chi connectivity index (χ2n) is 8.57. The molecule has 1 aliphatic heterocycles. The maximum absolute atomic E-state index is 12.9. The second kappa shape index (κ2) is 12.5. The molecule has 2 aromatic carbocycles. The summed E-state index contributed by atoms with van der Waals surface area (Å²) in [6.07, 6.45) is 1.96. The van der Waals surface area contributed by atoms with Crippen LogP contribution in [-0.4, -0.2) is 33.6 Å². The molecule has 2 N–H and O–H groups in total. The standard InChI is InChI=1S/C27H28N2O4S2.ClH/c1-17(2)32-26(31)22(28)14-18-8-10-20(11-9-18)23-13-12-21(33-23)15-24-25(30)29(27(34)35-24)16-19-6-4-3-5-7-19;/h3-13,15,17,22,27,34H,14,16,28H2,1-2H3;1H/b24-15-;/t22-,27-;/m1./s1. The lowest BCUT2D eigenvalue weighted by molar-refractivity contribution is -0.148. The summed E-state index contributed by atoms with van der Waals surface area (Å²) in [5.74, 6) is 0.817. The minimum atomic E-state index is -0.705. The van der Waals surface area contributed by atoms with Crippen molar-refractivity contribution in [3.05, 3.63) is 88.5 Å². The topological polar surface area (TPSA) is 85.8 Å². The number of nitrogens with two attached hydrogens (primary N) is 1. The summed E-state index contributed by atoms with van der Waals surface area (Å²) in [5, 5.41) is 0. The Kier molecular flexibility index (Phi) is 9.73. The van der Waals surface area contributed by atoms with E-state index in [-0.39, 0.29) is 29.1 Å². The highest BCUT2D eigenvalue weighted by molar-refractivity contribution is 8.14. The lowest BCUT2D eigenvalue weighted by Crippen LogP contribution is -2.35. The molecule has 0 bridgehead atoms. The van der Waals surface area contributed by atoms with Crippen LogP contribution in [0.3, 0.4) is 0 Å². The summed E-state index contributed by atoms with van der Waals surface area (Å²) >= 11 is 5.99. The van der Waals surface area contributed by atoms with E-state index in [1.54, 1.807) is 24.8 Å². The molecule has 1 fully saturated rings. The molecule has 6 nitrogen and oxygen atoms in total. The molecule has 4 rings (SSSR count). The number of thioether (sulfide) groups is 1. The Balaban J connectivity index is 0.00000361. The Labute approximate surface area is 227 Å². The zero-order chi connectivity index (χ0) is 24.9. The van der Waals surface area contributed by atoms with Crippen LogP contribution in [0.4, 0.5) is 0 Å². The van der Waals surface area contributed by atoms with Crippen molar-refractivity contribution in [2.45, 2.75) is 43.7 Å². The van der Waals surface area contributed by atoms with Gasteiger partial charge in [0, 0.05) is 18.2 Å². The number of ether oxygens (including phenoxy) is 1. The van der Waals surface area contributed by atoms with Crippen molar-refractivity contribution in [1.82, 2.24) is 4.90 Å². The molecular formula is C27H29ClN2O4S2. The molecule has 0 spiro atoms. The summed E-state index contributed by atoms with van der Waals surface area (Å²) in [7, 11) is 0. The molecule has 0 radical (unpaired) electrons. The molecule has 0 saturated carbocycles. The molecule has 1 saturated heterocycles. The number of esters is 1. The van der Waals surface area contributed by atoms with E-state index in [9.17, 15) is 9.59 Å². The highest BCUT2D eigenvalue weighted by Crippen LogP contribution is 2.39. The van der Waals surface area contributed by atoms with Gasteiger partial charge in [-0.3, -0.25) is 9.59 Å².